The van der Waals surface area contributed by atoms with E-state index in [4.69, 9.17) is 23.8 Å². The number of hydrogen-bond acceptors (Lipinski definition) is 5. The van der Waals surface area contributed by atoms with Crippen LogP contribution in [0.1, 0.15) is 0 Å². The summed E-state index contributed by atoms with van der Waals surface area (Å²) in [5, 5.41) is 8.77. The van der Waals surface area contributed by atoms with Crippen LogP contribution >= 0.6 is 0 Å². The second-order valence-corrected chi connectivity index (χ2v) is 14.7. The lowest BCUT2D eigenvalue weighted by Gasteiger charge is -2.14. The van der Waals surface area contributed by atoms with Crippen LogP contribution in [-0.4, -0.2) is 15.0 Å². The number of hydrogen-bond donors (Lipinski definition) is 0. The minimum absolute atomic E-state index is 0.590. The Labute approximate surface area is 332 Å². The van der Waals surface area contributed by atoms with Gasteiger partial charge in [0.15, 0.2) is 17.5 Å². The predicted octanol–water partition coefficient (Wildman–Crippen LogP) is 14.3. The van der Waals surface area contributed by atoms with Gasteiger partial charge in [-0.15, -0.1) is 0 Å². The van der Waals surface area contributed by atoms with Gasteiger partial charge in [0, 0.05) is 38.2 Å². The number of nitrogens with zero attached hydrogens (tertiary/aromatic N) is 3. The second-order valence-electron chi connectivity index (χ2n) is 14.7. The van der Waals surface area contributed by atoms with Gasteiger partial charge in [0.1, 0.15) is 22.3 Å². The number of fused-ring (bicyclic) bond motifs is 8. The van der Waals surface area contributed by atoms with Crippen molar-refractivity contribution in [2.45, 2.75) is 0 Å². The first-order valence-electron chi connectivity index (χ1n) is 19.4. The molecule has 58 heavy (non-hydrogen) atoms. The predicted molar refractivity (Wildman–Crippen MR) is 237 cm³/mol. The third-order valence-corrected chi connectivity index (χ3v) is 11.4. The number of rotatable bonds is 5. The number of furan rings is 2. The molecule has 12 aromatic rings. The highest BCUT2D eigenvalue weighted by atomic mass is 16.3. The summed E-state index contributed by atoms with van der Waals surface area (Å²) in [5.74, 6) is 1.80. The van der Waals surface area contributed by atoms with E-state index < -0.39 is 0 Å². The van der Waals surface area contributed by atoms with E-state index >= 15 is 0 Å². The van der Waals surface area contributed by atoms with Crippen LogP contribution in [0.5, 0.6) is 0 Å². The Kier molecular flexibility index (Phi) is 7.16. The van der Waals surface area contributed by atoms with Gasteiger partial charge in [-0.25, -0.2) is 15.0 Å². The van der Waals surface area contributed by atoms with E-state index in [1.165, 1.54) is 16.3 Å². The second kappa shape index (κ2) is 12.8. The monoisotopic (exact) mass is 741 g/mol. The summed E-state index contributed by atoms with van der Waals surface area (Å²) in [6, 6.07) is 65.1. The molecule has 0 saturated carbocycles. The van der Waals surface area contributed by atoms with E-state index in [-0.39, 0.29) is 0 Å². The zero-order chi connectivity index (χ0) is 38.2. The van der Waals surface area contributed by atoms with Gasteiger partial charge in [0.05, 0.1) is 0 Å². The van der Waals surface area contributed by atoms with Crippen LogP contribution in [0.25, 0.3) is 122 Å². The average molecular weight is 742 g/mol. The quantitative estimate of drug-likeness (QED) is 0.176. The summed E-state index contributed by atoms with van der Waals surface area (Å²) >= 11 is 0. The Hall–Kier alpha value is -7.89. The molecule has 0 bridgehead atoms. The molecule has 5 nitrogen and oxygen atoms in total. The average Bonchev–Trinajstić information content (AvgIpc) is 3.87. The maximum absolute atomic E-state index is 6.62. The van der Waals surface area contributed by atoms with Crippen molar-refractivity contribution in [3.05, 3.63) is 188 Å². The van der Waals surface area contributed by atoms with E-state index in [0.29, 0.717) is 17.5 Å². The zero-order valence-electron chi connectivity index (χ0n) is 31.1. The highest BCUT2D eigenvalue weighted by molar-refractivity contribution is 6.17. The van der Waals surface area contributed by atoms with E-state index in [2.05, 4.69) is 127 Å². The topological polar surface area (TPSA) is 65.0 Å². The van der Waals surface area contributed by atoms with E-state index in [9.17, 15) is 0 Å². The minimum Gasteiger partial charge on any atom is -0.456 e. The van der Waals surface area contributed by atoms with Gasteiger partial charge in [-0.3, -0.25) is 0 Å². The SMILES string of the molecule is c1ccc(-c2nc(-c3ccc(-c4cccc5oc6cc(-c7cccc8ccccc78)ccc6c45)c4ccccc34)nc(-c3cccc4oc5ccccc5c34)n2)cc1. The Morgan fingerprint density at radius 1 is 0.276 bits per heavy atom. The first kappa shape index (κ1) is 32.4. The van der Waals surface area contributed by atoms with Crippen LogP contribution in [0, 0.1) is 0 Å². The maximum atomic E-state index is 6.62. The van der Waals surface area contributed by atoms with Crippen molar-refractivity contribution in [3.63, 3.8) is 0 Å². The van der Waals surface area contributed by atoms with Crippen molar-refractivity contribution in [1.29, 1.82) is 0 Å². The minimum atomic E-state index is 0.590. The molecule has 0 atom stereocenters. The molecule has 12 rings (SSSR count). The van der Waals surface area contributed by atoms with Gasteiger partial charge in [-0.2, -0.15) is 0 Å². The number of benzene rings is 9. The molecule has 0 aliphatic carbocycles. The third-order valence-electron chi connectivity index (χ3n) is 11.4. The Balaban J connectivity index is 1.04. The van der Waals surface area contributed by atoms with E-state index in [0.717, 1.165) is 88.0 Å². The van der Waals surface area contributed by atoms with Crippen LogP contribution in [0.3, 0.4) is 0 Å². The van der Waals surface area contributed by atoms with Gasteiger partial charge in [0.25, 0.3) is 0 Å². The van der Waals surface area contributed by atoms with Gasteiger partial charge in [-0.05, 0) is 80.2 Å². The summed E-state index contributed by atoms with van der Waals surface area (Å²) in [4.78, 5) is 15.5. The summed E-state index contributed by atoms with van der Waals surface area (Å²) in [6.07, 6.45) is 0. The molecular formula is C53H31N3O2. The van der Waals surface area contributed by atoms with Gasteiger partial charge >= 0.3 is 0 Å². The van der Waals surface area contributed by atoms with Crippen LogP contribution < -0.4 is 0 Å². The van der Waals surface area contributed by atoms with Crippen LogP contribution in [-0.2, 0) is 0 Å². The summed E-state index contributed by atoms with van der Waals surface area (Å²) < 4.78 is 12.9. The molecule has 5 heteroatoms. The van der Waals surface area contributed by atoms with E-state index in [1.54, 1.807) is 0 Å². The van der Waals surface area contributed by atoms with Crippen LogP contribution in [0.2, 0.25) is 0 Å². The largest absolute Gasteiger partial charge is 0.456 e. The Morgan fingerprint density at radius 2 is 0.810 bits per heavy atom. The van der Waals surface area contributed by atoms with Crippen molar-refractivity contribution in [1.82, 2.24) is 15.0 Å². The van der Waals surface area contributed by atoms with Gasteiger partial charge in [-0.1, -0.05) is 152 Å². The highest BCUT2D eigenvalue weighted by Gasteiger charge is 2.21. The molecule has 3 aromatic heterocycles. The number of para-hydroxylation sites is 1. The molecule has 0 aliphatic heterocycles. The fourth-order valence-electron chi connectivity index (χ4n) is 8.72. The van der Waals surface area contributed by atoms with Crippen LogP contribution in [0.4, 0.5) is 0 Å². The van der Waals surface area contributed by atoms with Gasteiger partial charge < -0.3 is 8.83 Å². The maximum Gasteiger partial charge on any atom is 0.164 e. The van der Waals surface area contributed by atoms with Crippen molar-refractivity contribution >= 4 is 65.4 Å². The molecule has 270 valence electrons. The lowest BCUT2D eigenvalue weighted by molar-refractivity contribution is 0.668. The Bertz CT molecular complexity index is 3580. The van der Waals surface area contributed by atoms with Crippen molar-refractivity contribution in [2.75, 3.05) is 0 Å². The molecule has 0 radical (unpaired) electrons. The highest BCUT2D eigenvalue weighted by Crippen LogP contribution is 2.43. The van der Waals surface area contributed by atoms with Gasteiger partial charge in [0.2, 0.25) is 0 Å². The first-order valence-corrected chi connectivity index (χ1v) is 19.4. The molecule has 0 unspecified atom stereocenters. The smallest absolute Gasteiger partial charge is 0.164 e. The Morgan fingerprint density at radius 3 is 1.64 bits per heavy atom. The summed E-state index contributed by atoms with van der Waals surface area (Å²) in [7, 11) is 0. The molecule has 3 heterocycles. The molecule has 0 spiro atoms. The third kappa shape index (κ3) is 5.07. The molecule has 0 amide bonds. The molecular weight excluding hydrogens is 711 g/mol. The summed E-state index contributed by atoms with van der Waals surface area (Å²) in [6.45, 7) is 0. The molecule has 0 fully saturated rings. The molecule has 0 saturated heterocycles. The normalized spacial score (nSPS) is 11.8. The fraction of sp³-hybridized carbons (Fsp3) is 0. The van der Waals surface area contributed by atoms with E-state index in [1.807, 2.05) is 60.7 Å². The lowest BCUT2D eigenvalue weighted by Crippen LogP contribution is -2.01. The first-order chi connectivity index (χ1) is 28.7. The summed E-state index contributed by atoms with van der Waals surface area (Å²) in [5.41, 5.74) is 10.6. The van der Waals surface area contributed by atoms with Crippen molar-refractivity contribution in [3.8, 4) is 56.4 Å². The molecule has 0 aliphatic rings. The van der Waals surface area contributed by atoms with Crippen molar-refractivity contribution in [2.24, 2.45) is 0 Å². The lowest BCUT2D eigenvalue weighted by atomic mass is 9.92. The zero-order valence-corrected chi connectivity index (χ0v) is 31.1. The van der Waals surface area contributed by atoms with Crippen molar-refractivity contribution < 1.29 is 8.83 Å². The standard InChI is InChI=1S/C53H31N3O2/c1-2-14-33(15-3-1)51-54-52(56-53(55-51)44-23-12-26-47-50(44)42-20-8-9-24-45(42)57-47)41-30-29-39(37-18-6-7-19-38(37)41)40-22-11-25-46-49(40)43-28-27-34(31-48(43)58-46)36-21-10-16-32-13-4-5-17-35(32)36/h1-31H. The fourth-order valence-corrected chi connectivity index (χ4v) is 8.72. The molecule has 9 aromatic carbocycles. The number of aromatic nitrogens is 3. The van der Waals surface area contributed by atoms with Crippen LogP contribution in [0.15, 0.2) is 197 Å². The molecule has 0 N–H and O–H groups in total.